The highest BCUT2D eigenvalue weighted by atomic mass is 79.9. The van der Waals surface area contributed by atoms with Crippen LogP contribution in [0.4, 0.5) is 0 Å². The maximum Gasteiger partial charge on any atom is 0.00966 e. The van der Waals surface area contributed by atoms with Crippen LogP contribution in [0.15, 0.2) is 0 Å². The topological polar surface area (TPSA) is 3.24 Å². The molecule has 0 aromatic heterocycles. The summed E-state index contributed by atoms with van der Waals surface area (Å²) in [6, 6.07) is 0.910. The Hall–Kier alpha value is 0.440. The molecule has 0 spiro atoms. The van der Waals surface area contributed by atoms with Gasteiger partial charge in [0, 0.05) is 24.5 Å². The second-order valence-corrected chi connectivity index (χ2v) is 6.38. The lowest BCUT2D eigenvalue weighted by atomic mass is 9.97. The summed E-state index contributed by atoms with van der Waals surface area (Å²) < 4.78 is 0. The summed E-state index contributed by atoms with van der Waals surface area (Å²) in [7, 11) is 0. The zero-order chi connectivity index (χ0) is 11.4. The average molecular weight is 276 g/mol. The maximum absolute atomic E-state index is 3.65. The minimum atomic E-state index is 0.790. The van der Waals surface area contributed by atoms with E-state index < -0.39 is 0 Å². The van der Waals surface area contributed by atoms with Crippen molar-refractivity contribution in [3.05, 3.63) is 0 Å². The van der Waals surface area contributed by atoms with Gasteiger partial charge in [-0.1, -0.05) is 43.6 Å². The lowest BCUT2D eigenvalue weighted by Gasteiger charge is -2.30. The summed E-state index contributed by atoms with van der Waals surface area (Å²) in [6.45, 7) is 11.9. The Labute approximate surface area is 104 Å². The van der Waals surface area contributed by atoms with Crippen LogP contribution in [-0.4, -0.2) is 29.4 Å². The SMILES string of the molecule is CC(C)CN(CC(CBr)C(C)C)C1CC1. The number of rotatable bonds is 7. The first-order chi connectivity index (χ1) is 7.04. The molecule has 90 valence electrons. The number of hydrogen-bond acceptors (Lipinski definition) is 1. The van der Waals surface area contributed by atoms with Crippen LogP contribution in [0.2, 0.25) is 0 Å². The van der Waals surface area contributed by atoms with Crippen LogP contribution >= 0.6 is 15.9 Å². The molecule has 1 fully saturated rings. The van der Waals surface area contributed by atoms with Crippen molar-refractivity contribution in [2.75, 3.05) is 18.4 Å². The van der Waals surface area contributed by atoms with Gasteiger partial charge in [0.2, 0.25) is 0 Å². The normalized spacial score (nSPS) is 19.2. The lowest BCUT2D eigenvalue weighted by molar-refractivity contribution is 0.186. The van der Waals surface area contributed by atoms with E-state index in [-0.39, 0.29) is 0 Å². The van der Waals surface area contributed by atoms with Crippen LogP contribution in [0.25, 0.3) is 0 Å². The molecule has 0 amide bonds. The summed E-state index contributed by atoms with van der Waals surface area (Å²) >= 11 is 3.65. The Morgan fingerprint density at radius 3 is 2.07 bits per heavy atom. The molecule has 1 nitrogen and oxygen atoms in total. The summed E-state index contributed by atoms with van der Waals surface area (Å²) in [5.74, 6) is 2.40. The van der Waals surface area contributed by atoms with Gasteiger partial charge >= 0.3 is 0 Å². The highest BCUT2D eigenvalue weighted by molar-refractivity contribution is 9.09. The van der Waals surface area contributed by atoms with Crippen molar-refractivity contribution < 1.29 is 0 Å². The van der Waals surface area contributed by atoms with E-state index in [9.17, 15) is 0 Å². The fourth-order valence-corrected chi connectivity index (χ4v) is 2.97. The Balaban J connectivity index is 2.41. The molecule has 0 radical (unpaired) electrons. The van der Waals surface area contributed by atoms with Crippen molar-refractivity contribution in [3.63, 3.8) is 0 Å². The number of nitrogens with zero attached hydrogens (tertiary/aromatic N) is 1. The zero-order valence-electron chi connectivity index (χ0n) is 10.7. The lowest BCUT2D eigenvalue weighted by Crippen LogP contribution is -2.36. The highest BCUT2D eigenvalue weighted by Gasteiger charge is 2.31. The highest BCUT2D eigenvalue weighted by Crippen LogP contribution is 2.29. The summed E-state index contributed by atoms with van der Waals surface area (Å²) in [5.41, 5.74) is 0. The third-order valence-electron chi connectivity index (χ3n) is 3.27. The fourth-order valence-electron chi connectivity index (χ4n) is 2.02. The molecule has 2 heteroatoms. The molecule has 0 aromatic rings. The molecule has 1 aliphatic rings. The van der Waals surface area contributed by atoms with Crippen molar-refractivity contribution in [1.82, 2.24) is 4.90 Å². The van der Waals surface area contributed by atoms with Gasteiger partial charge in [0.15, 0.2) is 0 Å². The smallest absolute Gasteiger partial charge is 0.00966 e. The minimum absolute atomic E-state index is 0.790. The largest absolute Gasteiger partial charge is 0.300 e. The van der Waals surface area contributed by atoms with E-state index in [0.717, 1.165) is 29.1 Å². The van der Waals surface area contributed by atoms with Crippen molar-refractivity contribution >= 4 is 15.9 Å². The van der Waals surface area contributed by atoms with Gasteiger partial charge in [-0.25, -0.2) is 0 Å². The number of alkyl halides is 1. The van der Waals surface area contributed by atoms with Crippen LogP contribution in [0.5, 0.6) is 0 Å². The molecular weight excluding hydrogens is 250 g/mol. The van der Waals surface area contributed by atoms with Gasteiger partial charge in [-0.05, 0) is 30.6 Å². The second-order valence-electron chi connectivity index (χ2n) is 5.74. The van der Waals surface area contributed by atoms with E-state index >= 15 is 0 Å². The molecule has 1 rings (SSSR count). The molecule has 0 aliphatic heterocycles. The molecule has 1 atom stereocenters. The first-order valence-corrected chi connectivity index (χ1v) is 7.46. The predicted molar refractivity (Wildman–Crippen MR) is 71.6 cm³/mol. The Morgan fingerprint density at radius 1 is 1.13 bits per heavy atom. The minimum Gasteiger partial charge on any atom is -0.300 e. The van der Waals surface area contributed by atoms with E-state index in [1.807, 2.05) is 0 Å². The molecule has 0 aromatic carbocycles. The third kappa shape index (κ3) is 4.86. The van der Waals surface area contributed by atoms with E-state index in [2.05, 4.69) is 48.5 Å². The van der Waals surface area contributed by atoms with E-state index in [4.69, 9.17) is 0 Å². The van der Waals surface area contributed by atoms with Crippen molar-refractivity contribution in [3.8, 4) is 0 Å². The Bertz CT molecular complexity index is 175. The Morgan fingerprint density at radius 2 is 1.73 bits per heavy atom. The fraction of sp³-hybridized carbons (Fsp3) is 1.00. The zero-order valence-corrected chi connectivity index (χ0v) is 12.3. The molecule has 15 heavy (non-hydrogen) atoms. The molecular formula is C13H26BrN. The monoisotopic (exact) mass is 275 g/mol. The number of halogens is 1. The average Bonchev–Trinajstić information content (AvgIpc) is 2.93. The predicted octanol–water partition coefficient (Wildman–Crippen LogP) is 3.77. The van der Waals surface area contributed by atoms with E-state index in [0.29, 0.717) is 0 Å². The van der Waals surface area contributed by atoms with E-state index in [1.165, 1.54) is 25.9 Å². The van der Waals surface area contributed by atoms with Crippen LogP contribution in [0, 0.1) is 17.8 Å². The molecule has 1 saturated carbocycles. The third-order valence-corrected chi connectivity index (χ3v) is 4.10. The van der Waals surface area contributed by atoms with Gasteiger partial charge in [-0.15, -0.1) is 0 Å². The van der Waals surface area contributed by atoms with Gasteiger partial charge < -0.3 is 0 Å². The maximum atomic E-state index is 3.65. The second kappa shape index (κ2) is 6.24. The van der Waals surface area contributed by atoms with Gasteiger partial charge in [-0.2, -0.15) is 0 Å². The van der Waals surface area contributed by atoms with Crippen LogP contribution in [0.1, 0.15) is 40.5 Å². The van der Waals surface area contributed by atoms with Gasteiger partial charge in [0.05, 0.1) is 0 Å². The first-order valence-electron chi connectivity index (χ1n) is 6.34. The standard InChI is InChI=1S/C13H26BrN/c1-10(2)8-15(13-5-6-13)9-12(7-14)11(3)4/h10-13H,5-9H2,1-4H3. The van der Waals surface area contributed by atoms with Crippen LogP contribution < -0.4 is 0 Å². The van der Waals surface area contributed by atoms with E-state index in [1.54, 1.807) is 0 Å². The van der Waals surface area contributed by atoms with Crippen LogP contribution in [-0.2, 0) is 0 Å². The van der Waals surface area contributed by atoms with Gasteiger partial charge in [0.1, 0.15) is 0 Å². The molecule has 1 aliphatic carbocycles. The molecule has 0 heterocycles. The van der Waals surface area contributed by atoms with Crippen LogP contribution in [0.3, 0.4) is 0 Å². The summed E-state index contributed by atoms with van der Waals surface area (Å²) in [5, 5.41) is 1.14. The molecule has 1 unspecified atom stereocenters. The Kier molecular flexibility index (Phi) is 5.62. The molecule has 0 N–H and O–H groups in total. The molecule has 0 bridgehead atoms. The summed E-state index contributed by atoms with van der Waals surface area (Å²) in [4.78, 5) is 2.72. The van der Waals surface area contributed by atoms with Gasteiger partial charge in [0.25, 0.3) is 0 Å². The summed E-state index contributed by atoms with van der Waals surface area (Å²) in [6.07, 6.45) is 2.86. The van der Waals surface area contributed by atoms with Gasteiger partial charge in [-0.3, -0.25) is 4.90 Å². The van der Waals surface area contributed by atoms with Crippen molar-refractivity contribution in [2.45, 2.75) is 46.6 Å². The quantitative estimate of drug-likeness (QED) is 0.640. The van der Waals surface area contributed by atoms with Crippen molar-refractivity contribution in [2.24, 2.45) is 17.8 Å². The first kappa shape index (κ1) is 13.5. The van der Waals surface area contributed by atoms with Crippen molar-refractivity contribution in [1.29, 1.82) is 0 Å². The molecule has 0 saturated heterocycles. The number of hydrogen-bond donors (Lipinski definition) is 0.